The number of rotatable bonds is 4. The molecule has 1 aliphatic heterocycles. The summed E-state index contributed by atoms with van der Waals surface area (Å²) in [6.45, 7) is 1.66. The van der Waals surface area contributed by atoms with Crippen LogP contribution in [-0.4, -0.2) is 47.4 Å². The monoisotopic (exact) mass is 280 g/mol. The van der Waals surface area contributed by atoms with E-state index in [0.29, 0.717) is 13.1 Å². The zero-order chi connectivity index (χ0) is 14.5. The van der Waals surface area contributed by atoms with Gasteiger partial charge in [-0.3, -0.25) is 14.5 Å². The van der Waals surface area contributed by atoms with Crippen LogP contribution >= 0.6 is 0 Å². The number of carbonyl (C=O) groups excluding carboxylic acids is 2. The highest BCUT2D eigenvalue weighted by Gasteiger charge is 2.22. The molecule has 7 heteroatoms. The van der Waals surface area contributed by atoms with Gasteiger partial charge in [-0.2, -0.15) is 4.39 Å². The molecule has 0 unspecified atom stereocenters. The van der Waals surface area contributed by atoms with E-state index in [1.807, 2.05) is 4.90 Å². The van der Waals surface area contributed by atoms with Crippen molar-refractivity contribution >= 4 is 11.8 Å². The second-order valence-corrected chi connectivity index (χ2v) is 4.86. The molecule has 1 aromatic heterocycles. The Bertz CT molecular complexity index is 501. The maximum Gasteiger partial charge on any atom is 0.251 e. The lowest BCUT2D eigenvalue weighted by Gasteiger charge is -2.31. The largest absolute Gasteiger partial charge is 0.369 e. The molecule has 6 nitrogen and oxygen atoms in total. The highest BCUT2D eigenvalue weighted by atomic mass is 19.1. The van der Waals surface area contributed by atoms with Gasteiger partial charge in [-0.25, -0.2) is 4.98 Å². The molecule has 3 N–H and O–H groups in total. The van der Waals surface area contributed by atoms with E-state index in [2.05, 4.69) is 10.3 Å². The Balaban J connectivity index is 1.83. The molecule has 0 bridgehead atoms. The average molecular weight is 280 g/mol. The smallest absolute Gasteiger partial charge is 0.251 e. The Labute approximate surface area is 116 Å². The Morgan fingerprint density at radius 1 is 1.45 bits per heavy atom. The second kappa shape index (κ2) is 6.42. The van der Waals surface area contributed by atoms with Crippen LogP contribution in [0.25, 0.3) is 0 Å². The van der Waals surface area contributed by atoms with Gasteiger partial charge < -0.3 is 11.1 Å². The van der Waals surface area contributed by atoms with Crippen molar-refractivity contribution in [3.05, 3.63) is 29.8 Å². The Morgan fingerprint density at radius 3 is 2.75 bits per heavy atom. The number of likely N-dealkylation sites (tertiary alicyclic amines) is 1. The quantitative estimate of drug-likeness (QED) is 0.754. The third kappa shape index (κ3) is 3.99. The van der Waals surface area contributed by atoms with E-state index in [9.17, 15) is 14.0 Å². The van der Waals surface area contributed by atoms with Gasteiger partial charge in [0, 0.05) is 37.0 Å². The van der Waals surface area contributed by atoms with Gasteiger partial charge in [-0.1, -0.05) is 0 Å². The maximum atomic E-state index is 12.9. The summed E-state index contributed by atoms with van der Waals surface area (Å²) < 4.78 is 12.9. The molecule has 0 saturated carbocycles. The van der Waals surface area contributed by atoms with Gasteiger partial charge in [0.05, 0.1) is 6.54 Å². The molecule has 2 rings (SSSR count). The standard InChI is InChI=1S/C13H17FN4O2/c14-11-7-9(1-4-16-11)13(20)17-10-2-5-18(6-3-10)8-12(15)19/h1,4,7,10H,2-3,5-6,8H2,(H2,15,19)(H,17,20). The Kier molecular flexibility index (Phi) is 4.62. The van der Waals surface area contributed by atoms with E-state index >= 15 is 0 Å². The summed E-state index contributed by atoms with van der Waals surface area (Å²) in [4.78, 5) is 28.1. The van der Waals surface area contributed by atoms with E-state index < -0.39 is 5.95 Å². The van der Waals surface area contributed by atoms with Crippen LogP contribution < -0.4 is 11.1 Å². The van der Waals surface area contributed by atoms with Crippen LogP contribution in [0.5, 0.6) is 0 Å². The second-order valence-electron chi connectivity index (χ2n) is 4.86. The molecule has 0 atom stereocenters. The van der Waals surface area contributed by atoms with Crippen LogP contribution in [0, 0.1) is 5.95 Å². The van der Waals surface area contributed by atoms with E-state index in [-0.39, 0.29) is 30.0 Å². The highest BCUT2D eigenvalue weighted by Crippen LogP contribution is 2.11. The van der Waals surface area contributed by atoms with Gasteiger partial charge in [0.25, 0.3) is 5.91 Å². The molecule has 1 aromatic rings. The van der Waals surface area contributed by atoms with Crippen molar-refractivity contribution in [2.24, 2.45) is 5.73 Å². The number of amides is 2. The molecule has 0 radical (unpaired) electrons. The third-order valence-electron chi connectivity index (χ3n) is 3.29. The fourth-order valence-electron chi connectivity index (χ4n) is 2.27. The number of nitrogens with two attached hydrogens (primary N) is 1. The zero-order valence-electron chi connectivity index (χ0n) is 11.0. The lowest BCUT2D eigenvalue weighted by Crippen LogP contribution is -2.46. The fourth-order valence-corrected chi connectivity index (χ4v) is 2.27. The molecule has 20 heavy (non-hydrogen) atoms. The van der Waals surface area contributed by atoms with Crippen LogP contribution in [0.4, 0.5) is 4.39 Å². The van der Waals surface area contributed by atoms with Crippen molar-refractivity contribution in [2.45, 2.75) is 18.9 Å². The number of primary amides is 1. The number of nitrogens with one attached hydrogen (secondary N) is 1. The number of halogens is 1. The maximum absolute atomic E-state index is 12.9. The molecule has 1 fully saturated rings. The molecule has 2 heterocycles. The van der Waals surface area contributed by atoms with Crippen LogP contribution in [0.2, 0.25) is 0 Å². The summed E-state index contributed by atoms with van der Waals surface area (Å²) >= 11 is 0. The van der Waals surface area contributed by atoms with E-state index in [0.717, 1.165) is 18.9 Å². The van der Waals surface area contributed by atoms with Crippen LogP contribution in [0.1, 0.15) is 23.2 Å². The number of hydrogen-bond acceptors (Lipinski definition) is 4. The summed E-state index contributed by atoms with van der Waals surface area (Å²) in [5, 5.41) is 2.86. The van der Waals surface area contributed by atoms with Crippen molar-refractivity contribution in [1.29, 1.82) is 0 Å². The van der Waals surface area contributed by atoms with Gasteiger partial charge >= 0.3 is 0 Å². The summed E-state index contributed by atoms with van der Waals surface area (Å²) in [6.07, 6.45) is 2.75. The number of hydrogen-bond donors (Lipinski definition) is 2. The molecular weight excluding hydrogens is 263 g/mol. The summed E-state index contributed by atoms with van der Waals surface area (Å²) in [5.74, 6) is -1.33. The molecule has 108 valence electrons. The molecule has 0 aromatic carbocycles. The summed E-state index contributed by atoms with van der Waals surface area (Å²) in [5.41, 5.74) is 5.40. The number of pyridine rings is 1. The zero-order valence-corrected chi connectivity index (χ0v) is 11.0. The van der Waals surface area contributed by atoms with Crippen LogP contribution in [0.3, 0.4) is 0 Å². The number of piperidine rings is 1. The molecular formula is C13H17FN4O2. The highest BCUT2D eigenvalue weighted by molar-refractivity contribution is 5.94. The average Bonchev–Trinajstić information content (AvgIpc) is 2.40. The van der Waals surface area contributed by atoms with Crippen LogP contribution in [-0.2, 0) is 4.79 Å². The summed E-state index contributed by atoms with van der Waals surface area (Å²) in [7, 11) is 0. The first-order valence-corrected chi connectivity index (χ1v) is 6.47. The Morgan fingerprint density at radius 2 is 2.15 bits per heavy atom. The minimum absolute atomic E-state index is 0.0304. The SMILES string of the molecule is NC(=O)CN1CCC(NC(=O)c2ccnc(F)c2)CC1. The predicted octanol–water partition coefficient (Wildman–Crippen LogP) is -0.0998. The first kappa shape index (κ1) is 14.4. The van der Waals surface area contributed by atoms with Crippen molar-refractivity contribution in [3.63, 3.8) is 0 Å². The third-order valence-corrected chi connectivity index (χ3v) is 3.29. The van der Waals surface area contributed by atoms with Gasteiger partial charge in [-0.15, -0.1) is 0 Å². The van der Waals surface area contributed by atoms with Crippen molar-refractivity contribution < 1.29 is 14.0 Å². The fraction of sp³-hybridized carbons (Fsp3) is 0.462. The van der Waals surface area contributed by atoms with Crippen molar-refractivity contribution in [2.75, 3.05) is 19.6 Å². The molecule has 2 amide bonds. The Hall–Kier alpha value is -2.02. The van der Waals surface area contributed by atoms with Gasteiger partial charge in [0.15, 0.2) is 0 Å². The van der Waals surface area contributed by atoms with Gasteiger partial charge in [-0.05, 0) is 18.9 Å². The topological polar surface area (TPSA) is 88.3 Å². The predicted molar refractivity (Wildman–Crippen MR) is 70.3 cm³/mol. The first-order chi connectivity index (χ1) is 9.54. The normalized spacial score (nSPS) is 16.9. The summed E-state index contributed by atoms with van der Waals surface area (Å²) in [6, 6.07) is 2.61. The van der Waals surface area contributed by atoms with Gasteiger partial charge in [0.2, 0.25) is 11.9 Å². The van der Waals surface area contributed by atoms with E-state index in [1.165, 1.54) is 12.3 Å². The van der Waals surface area contributed by atoms with Crippen LogP contribution in [0.15, 0.2) is 18.3 Å². The lowest BCUT2D eigenvalue weighted by atomic mass is 10.0. The number of nitrogens with zero attached hydrogens (tertiary/aromatic N) is 2. The first-order valence-electron chi connectivity index (χ1n) is 6.47. The van der Waals surface area contributed by atoms with Crippen molar-refractivity contribution in [1.82, 2.24) is 15.2 Å². The van der Waals surface area contributed by atoms with E-state index in [4.69, 9.17) is 5.73 Å². The van der Waals surface area contributed by atoms with E-state index in [1.54, 1.807) is 0 Å². The molecule has 0 spiro atoms. The minimum atomic E-state index is -0.672. The molecule has 0 aliphatic carbocycles. The minimum Gasteiger partial charge on any atom is -0.369 e. The van der Waals surface area contributed by atoms with Gasteiger partial charge in [0.1, 0.15) is 0 Å². The van der Waals surface area contributed by atoms with Crippen molar-refractivity contribution in [3.8, 4) is 0 Å². The molecule has 1 saturated heterocycles. The molecule has 1 aliphatic rings. The lowest BCUT2D eigenvalue weighted by molar-refractivity contribution is -0.119. The number of aromatic nitrogens is 1. The number of carbonyl (C=O) groups is 2.